The van der Waals surface area contributed by atoms with Crippen LogP contribution in [0.15, 0.2) is 0 Å². The molecule has 3 rings (SSSR count). The van der Waals surface area contributed by atoms with Crippen molar-refractivity contribution in [2.45, 2.75) is 63.8 Å². The third-order valence-electron chi connectivity index (χ3n) is 6.49. The van der Waals surface area contributed by atoms with Gasteiger partial charge in [-0.3, -0.25) is 0 Å². The number of fused-ring (bicyclic) bond motifs is 1. The summed E-state index contributed by atoms with van der Waals surface area (Å²) in [6.45, 7) is 5.32. The number of nitrogens with zero attached hydrogens (tertiary/aromatic N) is 2. The van der Waals surface area contributed by atoms with Crippen molar-refractivity contribution in [3.63, 3.8) is 0 Å². The van der Waals surface area contributed by atoms with Gasteiger partial charge in [-0.05, 0) is 69.3 Å². The van der Waals surface area contributed by atoms with Crippen molar-refractivity contribution in [3.8, 4) is 0 Å². The topological polar surface area (TPSA) is 6.48 Å². The molecule has 0 bridgehead atoms. The molecule has 2 nitrogen and oxygen atoms in total. The lowest BCUT2D eigenvalue weighted by atomic mass is 9.79. The van der Waals surface area contributed by atoms with Gasteiger partial charge >= 0.3 is 0 Å². The van der Waals surface area contributed by atoms with Crippen LogP contribution in [-0.2, 0) is 0 Å². The van der Waals surface area contributed by atoms with Gasteiger partial charge in [-0.1, -0.05) is 25.7 Å². The highest BCUT2D eigenvalue weighted by Crippen LogP contribution is 2.38. The van der Waals surface area contributed by atoms with Crippen molar-refractivity contribution < 1.29 is 0 Å². The van der Waals surface area contributed by atoms with E-state index in [2.05, 4.69) is 16.8 Å². The lowest BCUT2D eigenvalue weighted by molar-refractivity contribution is 0.0199. The van der Waals surface area contributed by atoms with E-state index in [4.69, 9.17) is 12.6 Å². The molecule has 2 unspecified atom stereocenters. The number of hydrogen-bond acceptors (Lipinski definition) is 3. The van der Waals surface area contributed by atoms with Crippen LogP contribution in [0.4, 0.5) is 0 Å². The lowest BCUT2D eigenvalue weighted by Crippen LogP contribution is -2.54. The highest BCUT2D eigenvalue weighted by atomic mass is 32.1. The fourth-order valence-corrected chi connectivity index (χ4v) is 5.61. The zero-order valence-electron chi connectivity index (χ0n) is 13.9. The maximum Gasteiger partial charge on any atom is 0.0145 e. The molecule has 3 aliphatic rings. The summed E-state index contributed by atoms with van der Waals surface area (Å²) in [6, 6.07) is 0.871. The minimum absolute atomic E-state index is 0.521. The van der Waals surface area contributed by atoms with E-state index in [1.165, 1.54) is 84.0 Å². The van der Waals surface area contributed by atoms with Crippen LogP contribution < -0.4 is 0 Å². The molecule has 0 spiro atoms. The van der Waals surface area contributed by atoms with Gasteiger partial charge in [-0.2, -0.15) is 12.6 Å². The maximum atomic E-state index is 4.77. The number of piperidine rings is 2. The fourth-order valence-electron chi connectivity index (χ4n) is 5.19. The van der Waals surface area contributed by atoms with Crippen LogP contribution in [0.5, 0.6) is 0 Å². The average Bonchev–Trinajstić information content (AvgIpc) is 2.74. The van der Waals surface area contributed by atoms with E-state index in [1.807, 2.05) is 0 Å². The summed E-state index contributed by atoms with van der Waals surface area (Å²) in [5.74, 6) is 2.03. The fraction of sp³-hybridized carbons (Fsp3) is 1.00. The van der Waals surface area contributed by atoms with Crippen molar-refractivity contribution in [3.05, 3.63) is 0 Å². The van der Waals surface area contributed by atoms with Crippen molar-refractivity contribution in [2.24, 2.45) is 11.3 Å². The Morgan fingerprint density at radius 1 is 1.00 bits per heavy atom. The van der Waals surface area contributed by atoms with E-state index < -0.39 is 0 Å². The molecular weight excluding hydrogens is 276 g/mol. The molecule has 2 saturated heterocycles. The number of thiol groups is 1. The SMILES string of the molecule is CN1CCCC2CN(CC3(CS)CCCCCC3)CCC21. The summed E-state index contributed by atoms with van der Waals surface area (Å²) in [7, 11) is 2.34. The molecule has 0 radical (unpaired) electrons. The minimum Gasteiger partial charge on any atom is -0.303 e. The summed E-state index contributed by atoms with van der Waals surface area (Å²) in [6.07, 6.45) is 12.9. The van der Waals surface area contributed by atoms with E-state index in [-0.39, 0.29) is 0 Å². The van der Waals surface area contributed by atoms with Crippen LogP contribution >= 0.6 is 12.6 Å². The normalized spacial score (nSPS) is 35.1. The average molecular weight is 311 g/mol. The second kappa shape index (κ2) is 7.23. The Kier molecular flexibility index (Phi) is 5.55. The zero-order chi connectivity index (χ0) is 14.7. The second-order valence-electron chi connectivity index (χ2n) is 8.05. The van der Waals surface area contributed by atoms with Crippen molar-refractivity contribution in [1.82, 2.24) is 9.80 Å². The third kappa shape index (κ3) is 3.79. The molecule has 3 heteroatoms. The molecule has 0 aromatic rings. The molecule has 21 heavy (non-hydrogen) atoms. The zero-order valence-corrected chi connectivity index (χ0v) is 14.8. The molecule has 0 aromatic heterocycles. The minimum atomic E-state index is 0.521. The second-order valence-corrected chi connectivity index (χ2v) is 8.36. The molecule has 122 valence electrons. The first-order valence-corrected chi connectivity index (χ1v) is 9.89. The monoisotopic (exact) mass is 310 g/mol. The lowest BCUT2D eigenvalue weighted by Gasteiger charge is -2.48. The van der Waals surface area contributed by atoms with Crippen LogP contribution in [0.25, 0.3) is 0 Å². The highest BCUT2D eigenvalue weighted by molar-refractivity contribution is 7.80. The number of rotatable bonds is 3. The predicted molar refractivity (Wildman–Crippen MR) is 94.2 cm³/mol. The standard InChI is InChI=1S/C18H34N2S/c1-19-11-6-7-16-13-20(12-8-17(16)19)14-18(15-21)9-4-2-3-5-10-18/h16-17,21H,2-15H2,1H3. The molecule has 0 amide bonds. The number of likely N-dealkylation sites (tertiary alicyclic amines) is 2. The Balaban J connectivity index is 1.59. The quantitative estimate of drug-likeness (QED) is 0.627. The van der Waals surface area contributed by atoms with Crippen molar-refractivity contribution in [2.75, 3.05) is 39.0 Å². The van der Waals surface area contributed by atoms with E-state index in [0.717, 1.165) is 17.7 Å². The van der Waals surface area contributed by atoms with Crippen LogP contribution in [0.3, 0.4) is 0 Å². The smallest absolute Gasteiger partial charge is 0.0145 e. The molecule has 1 saturated carbocycles. The van der Waals surface area contributed by atoms with Crippen LogP contribution in [0.1, 0.15) is 57.8 Å². The first-order chi connectivity index (χ1) is 10.2. The highest BCUT2D eigenvalue weighted by Gasteiger charge is 2.38. The van der Waals surface area contributed by atoms with Gasteiger partial charge < -0.3 is 9.80 Å². The third-order valence-corrected chi connectivity index (χ3v) is 7.16. The van der Waals surface area contributed by atoms with Crippen LogP contribution in [0, 0.1) is 11.3 Å². The maximum absolute atomic E-state index is 4.77. The summed E-state index contributed by atoms with van der Waals surface area (Å²) in [5, 5.41) is 0. The summed E-state index contributed by atoms with van der Waals surface area (Å²) >= 11 is 4.77. The first kappa shape index (κ1) is 16.1. The van der Waals surface area contributed by atoms with Gasteiger partial charge in [0.1, 0.15) is 0 Å². The molecule has 2 heterocycles. The van der Waals surface area contributed by atoms with Gasteiger partial charge in [0.15, 0.2) is 0 Å². The molecule has 1 aliphatic carbocycles. The Labute approximate surface area is 137 Å². The van der Waals surface area contributed by atoms with Crippen molar-refractivity contribution >= 4 is 12.6 Å². The molecule has 2 atom stereocenters. The Morgan fingerprint density at radius 3 is 2.48 bits per heavy atom. The van der Waals surface area contributed by atoms with Crippen LogP contribution in [-0.4, -0.2) is 54.8 Å². The predicted octanol–water partition coefficient (Wildman–Crippen LogP) is 3.67. The van der Waals surface area contributed by atoms with Gasteiger partial charge in [0.05, 0.1) is 0 Å². The molecule has 0 aromatic carbocycles. The van der Waals surface area contributed by atoms with Gasteiger partial charge in [-0.25, -0.2) is 0 Å². The van der Waals surface area contributed by atoms with Crippen molar-refractivity contribution in [1.29, 1.82) is 0 Å². The summed E-state index contributed by atoms with van der Waals surface area (Å²) in [4.78, 5) is 5.44. The molecule has 3 fully saturated rings. The van der Waals surface area contributed by atoms with E-state index in [0.29, 0.717) is 5.41 Å². The Hall–Kier alpha value is 0.270. The summed E-state index contributed by atoms with van der Waals surface area (Å²) in [5.41, 5.74) is 0.521. The van der Waals surface area contributed by atoms with Crippen LogP contribution in [0.2, 0.25) is 0 Å². The molecular formula is C18H34N2S. The van der Waals surface area contributed by atoms with Gasteiger partial charge in [0.2, 0.25) is 0 Å². The van der Waals surface area contributed by atoms with E-state index in [9.17, 15) is 0 Å². The largest absolute Gasteiger partial charge is 0.303 e. The van der Waals surface area contributed by atoms with Gasteiger partial charge in [0, 0.05) is 19.1 Å². The summed E-state index contributed by atoms with van der Waals surface area (Å²) < 4.78 is 0. The first-order valence-electron chi connectivity index (χ1n) is 9.26. The molecule has 0 N–H and O–H groups in total. The molecule has 2 aliphatic heterocycles. The van der Waals surface area contributed by atoms with E-state index >= 15 is 0 Å². The van der Waals surface area contributed by atoms with E-state index in [1.54, 1.807) is 0 Å². The van der Waals surface area contributed by atoms with Gasteiger partial charge in [-0.15, -0.1) is 0 Å². The Morgan fingerprint density at radius 2 is 1.76 bits per heavy atom. The van der Waals surface area contributed by atoms with Gasteiger partial charge in [0.25, 0.3) is 0 Å². The Bertz CT molecular complexity index is 325. The number of hydrogen-bond donors (Lipinski definition) is 1.